The highest BCUT2D eigenvalue weighted by molar-refractivity contribution is 9.10. The third kappa shape index (κ3) is 3.54. The van der Waals surface area contributed by atoms with E-state index in [2.05, 4.69) is 20.8 Å². The van der Waals surface area contributed by atoms with Gasteiger partial charge >= 0.3 is 0 Å². The maximum atomic E-state index is 13.2. The second kappa shape index (κ2) is 6.91. The van der Waals surface area contributed by atoms with E-state index in [-0.39, 0.29) is 11.9 Å². The Kier molecular flexibility index (Phi) is 5.20. The molecule has 5 heteroatoms. The molecule has 112 valence electrons. The summed E-state index contributed by atoms with van der Waals surface area (Å²) < 4.78 is 19.1. The van der Waals surface area contributed by atoms with Crippen LogP contribution in [0.4, 0.5) is 10.1 Å². The van der Waals surface area contributed by atoms with E-state index in [4.69, 9.17) is 10.5 Å². The quantitative estimate of drug-likeness (QED) is 0.890. The Balaban J connectivity index is 2.30. The molecular weight excluding hydrogens is 335 g/mol. The lowest BCUT2D eigenvalue weighted by Gasteiger charge is -2.30. The molecule has 0 fully saturated rings. The number of benzene rings is 2. The van der Waals surface area contributed by atoms with Crippen LogP contribution in [-0.2, 0) is 0 Å². The van der Waals surface area contributed by atoms with Gasteiger partial charge in [-0.2, -0.15) is 0 Å². The lowest BCUT2D eigenvalue weighted by Crippen LogP contribution is -2.30. The summed E-state index contributed by atoms with van der Waals surface area (Å²) in [4.78, 5) is 2.07. The van der Waals surface area contributed by atoms with Crippen LogP contribution in [0.15, 0.2) is 46.9 Å². The zero-order chi connectivity index (χ0) is 15.4. The van der Waals surface area contributed by atoms with Gasteiger partial charge in [-0.05, 0) is 42.0 Å². The van der Waals surface area contributed by atoms with Crippen LogP contribution < -0.4 is 15.4 Å². The number of nitrogens with zero attached hydrogens (tertiary/aromatic N) is 1. The molecule has 0 aromatic heterocycles. The molecule has 0 bridgehead atoms. The average Bonchev–Trinajstić information content (AvgIpc) is 2.50. The van der Waals surface area contributed by atoms with Crippen LogP contribution in [0.2, 0.25) is 0 Å². The summed E-state index contributed by atoms with van der Waals surface area (Å²) in [5, 5.41) is 0. The van der Waals surface area contributed by atoms with E-state index in [1.165, 1.54) is 12.1 Å². The van der Waals surface area contributed by atoms with Gasteiger partial charge in [0.1, 0.15) is 11.6 Å². The summed E-state index contributed by atoms with van der Waals surface area (Å²) in [7, 11) is 3.60. The Hall–Kier alpha value is -1.59. The van der Waals surface area contributed by atoms with Crippen molar-refractivity contribution in [3.8, 4) is 5.75 Å². The smallest absolute Gasteiger partial charge is 0.124 e. The summed E-state index contributed by atoms with van der Waals surface area (Å²) in [6.07, 6.45) is 0. The second-order valence-corrected chi connectivity index (χ2v) is 5.58. The van der Waals surface area contributed by atoms with Crippen LogP contribution in [0.1, 0.15) is 11.6 Å². The summed E-state index contributed by atoms with van der Waals surface area (Å²) in [6.45, 7) is 0.423. The summed E-state index contributed by atoms with van der Waals surface area (Å²) in [5.74, 6) is 0.535. The summed E-state index contributed by atoms with van der Waals surface area (Å²) in [5.41, 5.74) is 7.90. The van der Waals surface area contributed by atoms with E-state index in [0.717, 1.165) is 21.5 Å². The molecule has 0 spiro atoms. The second-order valence-electron chi connectivity index (χ2n) is 4.73. The molecule has 0 saturated heterocycles. The van der Waals surface area contributed by atoms with Crippen LogP contribution in [0.3, 0.4) is 0 Å². The first-order valence-corrected chi connectivity index (χ1v) is 7.38. The minimum Gasteiger partial charge on any atom is -0.497 e. The molecule has 0 heterocycles. The number of hydrogen-bond donors (Lipinski definition) is 1. The van der Waals surface area contributed by atoms with Crippen LogP contribution in [0.5, 0.6) is 5.75 Å². The molecule has 0 aliphatic carbocycles. The predicted molar refractivity (Wildman–Crippen MR) is 87.3 cm³/mol. The first-order chi connectivity index (χ1) is 10.1. The zero-order valence-electron chi connectivity index (χ0n) is 12.0. The van der Waals surface area contributed by atoms with E-state index in [0.29, 0.717) is 6.54 Å². The van der Waals surface area contributed by atoms with Crippen molar-refractivity contribution in [2.45, 2.75) is 6.04 Å². The molecule has 0 aliphatic rings. The van der Waals surface area contributed by atoms with Crippen molar-refractivity contribution in [3.63, 3.8) is 0 Å². The van der Waals surface area contributed by atoms with E-state index in [1.54, 1.807) is 13.2 Å². The van der Waals surface area contributed by atoms with Crippen molar-refractivity contribution < 1.29 is 9.13 Å². The van der Waals surface area contributed by atoms with Gasteiger partial charge in [0.2, 0.25) is 0 Å². The van der Waals surface area contributed by atoms with Crippen LogP contribution in [0.25, 0.3) is 0 Å². The van der Waals surface area contributed by atoms with Gasteiger partial charge in [0, 0.05) is 23.8 Å². The van der Waals surface area contributed by atoms with Gasteiger partial charge in [0.05, 0.1) is 13.2 Å². The Morgan fingerprint density at radius 1 is 1.24 bits per heavy atom. The monoisotopic (exact) mass is 352 g/mol. The van der Waals surface area contributed by atoms with E-state index < -0.39 is 0 Å². The van der Waals surface area contributed by atoms with Gasteiger partial charge in [0.15, 0.2) is 0 Å². The van der Waals surface area contributed by atoms with Crippen molar-refractivity contribution in [1.29, 1.82) is 0 Å². The normalized spacial score (nSPS) is 12.0. The van der Waals surface area contributed by atoms with E-state index >= 15 is 0 Å². The number of hydrogen-bond acceptors (Lipinski definition) is 3. The minimum absolute atomic E-state index is 0.0478. The van der Waals surface area contributed by atoms with Crippen molar-refractivity contribution in [2.75, 3.05) is 25.6 Å². The Morgan fingerprint density at radius 2 is 1.90 bits per heavy atom. The molecule has 2 aromatic rings. The Bertz CT molecular complexity index is 604. The summed E-state index contributed by atoms with van der Waals surface area (Å²) in [6, 6.07) is 12.4. The molecular formula is C16H18BrFN2O. The standard InChI is InChI=1S/C16H18BrFN2O/c1-20(12-4-6-13(21-2)7-5-12)16(10-19)14-8-3-11(18)9-15(14)17/h3-9,16H,10,19H2,1-2H3. The molecule has 2 rings (SSSR count). The first-order valence-electron chi connectivity index (χ1n) is 6.58. The third-order valence-electron chi connectivity index (χ3n) is 3.49. The van der Waals surface area contributed by atoms with Gasteiger partial charge in [-0.3, -0.25) is 0 Å². The molecule has 2 N–H and O–H groups in total. The number of halogens is 2. The van der Waals surface area contributed by atoms with E-state index in [9.17, 15) is 4.39 Å². The number of anilines is 1. The SMILES string of the molecule is COc1ccc(N(C)C(CN)c2ccc(F)cc2Br)cc1. The average molecular weight is 353 g/mol. The summed E-state index contributed by atoms with van der Waals surface area (Å²) >= 11 is 3.41. The highest BCUT2D eigenvalue weighted by Crippen LogP contribution is 2.31. The zero-order valence-corrected chi connectivity index (χ0v) is 13.6. The molecule has 3 nitrogen and oxygen atoms in total. The molecule has 21 heavy (non-hydrogen) atoms. The van der Waals surface area contributed by atoms with Crippen LogP contribution >= 0.6 is 15.9 Å². The van der Waals surface area contributed by atoms with Gasteiger partial charge in [-0.25, -0.2) is 4.39 Å². The molecule has 0 saturated carbocycles. The van der Waals surface area contributed by atoms with Crippen LogP contribution in [-0.4, -0.2) is 20.7 Å². The van der Waals surface area contributed by atoms with E-state index in [1.807, 2.05) is 31.3 Å². The maximum absolute atomic E-state index is 13.2. The third-order valence-corrected chi connectivity index (χ3v) is 4.18. The van der Waals surface area contributed by atoms with Gasteiger partial charge < -0.3 is 15.4 Å². The lowest BCUT2D eigenvalue weighted by molar-refractivity contribution is 0.415. The number of methoxy groups -OCH3 is 1. The topological polar surface area (TPSA) is 38.5 Å². The number of nitrogens with two attached hydrogens (primary N) is 1. The van der Waals surface area contributed by atoms with Gasteiger partial charge in [0.25, 0.3) is 0 Å². The highest BCUT2D eigenvalue weighted by atomic mass is 79.9. The first kappa shape index (κ1) is 15.8. The fraction of sp³-hybridized carbons (Fsp3) is 0.250. The van der Waals surface area contributed by atoms with Crippen LogP contribution in [0, 0.1) is 5.82 Å². The minimum atomic E-state index is -0.270. The fourth-order valence-electron chi connectivity index (χ4n) is 2.26. The van der Waals surface area contributed by atoms with Gasteiger partial charge in [-0.15, -0.1) is 0 Å². The molecule has 0 radical (unpaired) electrons. The predicted octanol–water partition coefficient (Wildman–Crippen LogP) is 3.73. The number of rotatable bonds is 5. The largest absolute Gasteiger partial charge is 0.497 e. The van der Waals surface area contributed by atoms with Crippen molar-refractivity contribution in [3.05, 3.63) is 58.3 Å². The lowest BCUT2D eigenvalue weighted by atomic mass is 10.0. The molecule has 2 aromatic carbocycles. The molecule has 0 aliphatic heterocycles. The number of likely N-dealkylation sites (N-methyl/N-ethyl adjacent to an activating group) is 1. The number of ether oxygens (including phenoxy) is 1. The molecule has 1 unspecified atom stereocenters. The molecule has 1 atom stereocenters. The van der Waals surface area contributed by atoms with Crippen molar-refractivity contribution in [1.82, 2.24) is 0 Å². The van der Waals surface area contributed by atoms with Crippen molar-refractivity contribution in [2.24, 2.45) is 5.73 Å². The Morgan fingerprint density at radius 3 is 2.43 bits per heavy atom. The van der Waals surface area contributed by atoms with Crippen molar-refractivity contribution >= 4 is 21.6 Å². The van der Waals surface area contributed by atoms with Gasteiger partial charge in [-0.1, -0.05) is 22.0 Å². The highest BCUT2D eigenvalue weighted by Gasteiger charge is 2.19. The molecule has 0 amide bonds. The Labute approximate surface area is 132 Å². The maximum Gasteiger partial charge on any atom is 0.124 e. The fourth-order valence-corrected chi connectivity index (χ4v) is 2.88.